The molecule has 1 aromatic heterocycles. The topological polar surface area (TPSA) is 55.6 Å². The Morgan fingerprint density at radius 2 is 2.17 bits per heavy atom. The van der Waals surface area contributed by atoms with Crippen molar-refractivity contribution in [2.75, 3.05) is 0 Å². The SMILES string of the molecule is Cc1c(F)cccc1-n1nnnc1CNC(C)C. The average Bonchev–Trinajstić information content (AvgIpc) is 2.78. The molecule has 0 unspecified atom stereocenters. The van der Waals surface area contributed by atoms with Crippen molar-refractivity contribution in [1.29, 1.82) is 0 Å². The molecule has 2 rings (SSSR count). The Morgan fingerprint density at radius 3 is 2.89 bits per heavy atom. The van der Waals surface area contributed by atoms with Crippen LogP contribution in [0.15, 0.2) is 18.2 Å². The monoisotopic (exact) mass is 249 g/mol. The Bertz CT molecular complexity index is 535. The smallest absolute Gasteiger partial charge is 0.170 e. The van der Waals surface area contributed by atoms with Gasteiger partial charge in [-0.2, -0.15) is 4.68 Å². The van der Waals surface area contributed by atoms with Crippen LogP contribution in [0, 0.1) is 12.7 Å². The van der Waals surface area contributed by atoms with E-state index in [2.05, 4.69) is 20.8 Å². The van der Waals surface area contributed by atoms with Crippen LogP contribution in [0.5, 0.6) is 0 Å². The highest BCUT2D eigenvalue weighted by Gasteiger charge is 2.12. The summed E-state index contributed by atoms with van der Waals surface area (Å²) in [4.78, 5) is 0. The van der Waals surface area contributed by atoms with Gasteiger partial charge in [-0.1, -0.05) is 19.9 Å². The number of benzene rings is 1. The van der Waals surface area contributed by atoms with Crippen molar-refractivity contribution in [1.82, 2.24) is 25.5 Å². The summed E-state index contributed by atoms with van der Waals surface area (Å²) in [6, 6.07) is 5.21. The third-order valence-electron chi connectivity index (χ3n) is 2.67. The predicted octanol–water partition coefficient (Wildman–Crippen LogP) is 1.61. The second-order valence-electron chi connectivity index (χ2n) is 4.43. The van der Waals surface area contributed by atoms with E-state index in [1.807, 2.05) is 13.8 Å². The molecule has 0 spiro atoms. The molecule has 0 fully saturated rings. The molecule has 0 amide bonds. The van der Waals surface area contributed by atoms with E-state index in [4.69, 9.17) is 0 Å². The van der Waals surface area contributed by atoms with Gasteiger partial charge in [-0.3, -0.25) is 0 Å². The third-order valence-corrected chi connectivity index (χ3v) is 2.67. The Balaban J connectivity index is 2.33. The van der Waals surface area contributed by atoms with Crippen LogP contribution in [0.3, 0.4) is 0 Å². The molecule has 18 heavy (non-hydrogen) atoms. The van der Waals surface area contributed by atoms with Gasteiger partial charge in [-0.25, -0.2) is 4.39 Å². The highest BCUT2D eigenvalue weighted by atomic mass is 19.1. The minimum atomic E-state index is -0.259. The van der Waals surface area contributed by atoms with Crippen molar-refractivity contribution in [3.63, 3.8) is 0 Å². The molecule has 6 heteroatoms. The standard InChI is InChI=1S/C12H16FN5/c1-8(2)14-7-12-15-16-17-18(12)11-6-4-5-10(13)9(11)3/h4-6,8,14H,7H2,1-3H3. The first kappa shape index (κ1) is 12.6. The van der Waals surface area contributed by atoms with Crippen LogP contribution < -0.4 is 5.32 Å². The quantitative estimate of drug-likeness (QED) is 0.894. The molecule has 5 nitrogen and oxygen atoms in total. The Labute approximate surface area is 105 Å². The molecule has 0 radical (unpaired) electrons. The Morgan fingerprint density at radius 1 is 1.39 bits per heavy atom. The summed E-state index contributed by atoms with van der Waals surface area (Å²) in [5, 5.41) is 14.8. The zero-order chi connectivity index (χ0) is 13.1. The van der Waals surface area contributed by atoms with Crippen molar-refractivity contribution in [2.45, 2.75) is 33.4 Å². The number of hydrogen-bond acceptors (Lipinski definition) is 4. The molecule has 0 aliphatic carbocycles. The summed E-state index contributed by atoms with van der Waals surface area (Å²) in [6.45, 7) is 6.34. The van der Waals surface area contributed by atoms with Gasteiger partial charge >= 0.3 is 0 Å². The first-order chi connectivity index (χ1) is 8.59. The minimum Gasteiger partial charge on any atom is -0.308 e. The number of hydrogen-bond donors (Lipinski definition) is 1. The van der Waals surface area contributed by atoms with E-state index < -0.39 is 0 Å². The molecule has 0 aliphatic heterocycles. The molecule has 96 valence electrons. The van der Waals surface area contributed by atoms with Crippen molar-refractivity contribution in [3.05, 3.63) is 35.4 Å². The molecule has 1 N–H and O–H groups in total. The fourth-order valence-corrected chi connectivity index (χ4v) is 1.62. The molecule has 1 aromatic carbocycles. The van der Waals surface area contributed by atoms with Gasteiger partial charge in [-0.05, 0) is 29.5 Å². The number of halogens is 1. The van der Waals surface area contributed by atoms with E-state index in [0.717, 1.165) is 0 Å². The molecule has 0 bridgehead atoms. The van der Waals surface area contributed by atoms with E-state index >= 15 is 0 Å². The van der Waals surface area contributed by atoms with Gasteiger partial charge in [0.1, 0.15) is 5.82 Å². The maximum Gasteiger partial charge on any atom is 0.170 e. The van der Waals surface area contributed by atoms with Crippen molar-refractivity contribution >= 4 is 0 Å². The van der Waals surface area contributed by atoms with Crippen LogP contribution in [-0.2, 0) is 6.54 Å². The van der Waals surface area contributed by atoms with Crippen LogP contribution in [0.4, 0.5) is 4.39 Å². The van der Waals surface area contributed by atoms with E-state index in [-0.39, 0.29) is 5.82 Å². The van der Waals surface area contributed by atoms with E-state index in [9.17, 15) is 4.39 Å². The highest BCUT2D eigenvalue weighted by Crippen LogP contribution is 2.16. The number of nitrogens with zero attached hydrogens (tertiary/aromatic N) is 4. The van der Waals surface area contributed by atoms with Crippen molar-refractivity contribution < 1.29 is 4.39 Å². The lowest BCUT2D eigenvalue weighted by atomic mass is 10.2. The third kappa shape index (κ3) is 2.53. The number of rotatable bonds is 4. The number of tetrazole rings is 1. The van der Waals surface area contributed by atoms with Gasteiger partial charge in [0.05, 0.1) is 12.2 Å². The first-order valence-electron chi connectivity index (χ1n) is 5.85. The maximum atomic E-state index is 13.5. The summed E-state index contributed by atoms with van der Waals surface area (Å²) < 4.78 is 15.1. The summed E-state index contributed by atoms with van der Waals surface area (Å²) in [6.07, 6.45) is 0. The van der Waals surface area contributed by atoms with Crippen molar-refractivity contribution in [2.24, 2.45) is 0 Å². The van der Waals surface area contributed by atoms with Crippen LogP contribution in [0.1, 0.15) is 25.2 Å². The minimum absolute atomic E-state index is 0.259. The number of aromatic nitrogens is 4. The fraction of sp³-hybridized carbons (Fsp3) is 0.417. The summed E-state index contributed by atoms with van der Waals surface area (Å²) >= 11 is 0. The molecule has 2 aromatic rings. The zero-order valence-corrected chi connectivity index (χ0v) is 10.7. The molecular formula is C12H16FN5. The number of nitrogens with one attached hydrogen (secondary N) is 1. The lowest BCUT2D eigenvalue weighted by Gasteiger charge is -2.10. The van der Waals surface area contributed by atoms with E-state index in [1.165, 1.54) is 6.07 Å². The molecule has 1 heterocycles. The van der Waals surface area contributed by atoms with Gasteiger partial charge in [0.25, 0.3) is 0 Å². The summed E-state index contributed by atoms with van der Waals surface area (Å²) in [5.41, 5.74) is 1.20. The van der Waals surface area contributed by atoms with Gasteiger partial charge in [0.15, 0.2) is 5.82 Å². The molecule has 0 saturated carbocycles. The van der Waals surface area contributed by atoms with E-state index in [1.54, 1.807) is 23.7 Å². The molecule has 0 aliphatic rings. The lowest BCUT2D eigenvalue weighted by Crippen LogP contribution is -2.24. The van der Waals surface area contributed by atoms with Gasteiger partial charge in [0, 0.05) is 11.6 Å². The zero-order valence-electron chi connectivity index (χ0n) is 10.7. The Kier molecular flexibility index (Phi) is 3.66. The van der Waals surface area contributed by atoms with Gasteiger partial charge in [-0.15, -0.1) is 5.10 Å². The molecule has 0 saturated heterocycles. The van der Waals surface area contributed by atoms with E-state index in [0.29, 0.717) is 29.7 Å². The fourth-order valence-electron chi connectivity index (χ4n) is 1.62. The van der Waals surface area contributed by atoms with Crippen LogP contribution in [0.2, 0.25) is 0 Å². The second kappa shape index (κ2) is 5.22. The van der Waals surface area contributed by atoms with Gasteiger partial charge in [0.2, 0.25) is 0 Å². The lowest BCUT2D eigenvalue weighted by molar-refractivity contribution is 0.561. The van der Waals surface area contributed by atoms with Crippen LogP contribution in [0.25, 0.3) is 5.69 Å². The Hall–Kier alpha value is -1.82. The largest absolute Gasteiger partial charge is 0.308 e. The first-order valence-corrected chi connectivity index (χ1v) is 5.85. The average molecular weight is 249 g/mol. The van der Waals surface area contributed by atoms with Crippen LogP contribution in [-0.4, -0.2) is 26.2 Å². The predicted molar refractivity (Wildman–Crippen MR) is 65.8 cm³/mol. The molecular weight excluding hydrogens is 233 g/mol. The summed E-state index contributed by atoms with van der Waals surface area (Å²) in [5.74, 6) is 0.406. The van der Waals surface area contributed by atoms with Gasteiger partial charge < -0.3 is 5.32 Å². The second-order valence-corrected chi connectivity index (χ2v) is 4.43. The van der Waals surface area contributed by atoms with Crippen molar-refractivity contribution in [3.8, 4) is 5.69 Å². The molecule has 0 atom stereocenters. The highest BCUT2D eigenvalue weighted by molar-refractivity contribution is 5.40. The summed E-state index contributed by atoms with van der Waals surface area (Å²) in [7, 11) is 0. The maximum absolute atomic E-state index is 13.5. The normalized spacial score (nSPS) is 11.2. The van der Waals surface area contributed by atoms with Crippen LogP contribution >= 0.6 is 0 Å².